The summed E-state index contributed by atoms with van der Waals surface area (Å²) in [4.78, 5) is 13.0. The third kappa shape index (κ3) is 3.16. The second-order valence-electron chi connectivity index (χ2n) is 3.01. The number of hydrogen-bond donors (Lipinski definition) is 1. The van der Waals surface area contributed by atoms with E-state index in [1.807, 2.05) is 0 Å². The van der Waals surface area contributed by atoms with Crippen LogP contribution in [-0.4, -0.2) is 48.3 Å². The molecule has 0 bridgehead atoms. The Balaban J connectivity index is 2.51. The van der Waals surface area contributed by atoms with Crippen LogP contribution in [0.15, 0.2) is 12.2 Å². The molecule has 0 aromatic heterocycles. The van der Waals surface area contributed by atoms with Crippen molar-refractivity contribution in [3.8, 4) is 0 Å². The van der Waals surface area contributed by atoms with Gasteiger partial charge in [-0.3, -0.25) is 4.79 Å². The Morgan fingerprint density at radius 1 is 1.69 bits per heavy atom. The van der Waals surface area contributed by atoms with Gasteiger partial charge in [-0.05, 0) is 13.0 Å². The van der Waals surface area contributed by atoms with Gasteiger partial charge in [0.15, 0.2) is 0 Å². The molecule has 0 spiro atoms. The SMILES string of the molecule is C/C=C/C(=O)N1CCOCC(O)C1. The molecule has 1 aliphatic heterocycles. The third-order valence-electron chi connectivity index (χ3n) is 1.87. The molecule has 1 unspecified atom stereocenters. The van der Waals surface area contributed by atoms with Crippen molar-refractivity contribution in [2.75, 3.05) is 26.3 Å². The van der Waals surface area contributed by atoms with Crippen molar-refractivity contribution in [3.63, 3.8) is 0 Å². The van der Waals surface area contributed by atoms with Crippen LogP contribution in [0.2, 0.25) is 0 Å². The molecule has 1 atom stereocenters. The van der Waals surface area contributed by atoms with Crippen LogP contribution in [0.4, 0.5) is 0 Å². The van der Waals surface area contributed by atoms with Crippen LogP contribution in [0.25, 0.3) is 0 Å². The first-order chi connectivity index (χ1) is 6.24. The number of carbonyl (C=O) groups is 1. The molecule has 1 heterocycles. The standard InChI is InChI=1S/C9H15NO3/c1-2-3-9(12)10-4-5-13-7-8(11)6-10/h2-3,8,11H,4-7H2,1H3/b3-2+. The van der Waals surface area contributed by atoms with Crippen LogP contribution in [0.5, 0.6) is 0 Å². The molecule has 1 N–H and O–H groups in total. The van der Waals surface area contributed by atoms with Gasteiger partial charge in [-0.2, -0.15) is 0 Å². The molecule has 0 aromatic rings. The largest absolute Gasteiger partial charge is 0.389 e. The fourth-order valence-electron chi connectivity index (χ4n) is 1.24. The van der Waals surface area contributed by atoms with Crippen molar-refractivity contribution in [3.05, 3.63) is 12.2 Å². The lowest BCUT2D eigenvalue weighted by Crippen LogP contribution is -2.36. The van der Waals surface area contributed by atoms with Gasteiger partial charge < -0.3 is 14.7 Å². The summed E-state index contributed by atoms with van der Waals surface area (Å²) in [7, 11) is 0. The molecule has 0 aromatic carbocycles. The maximum absolute atomic E-state index is 11.4. The molecule has 0 saturated carbocycles. The molecular formula is C9H15NO3. The Labute approximate surface area is 77.8 Å². The second-order valence-corrected chi connectivity index (χ2v) is 3.01. The maximum Gasteiger partial charge on any atom is 0.246 e. The van der Waals surface area contributed by atoms with Gasteiger partial charge in [0.05, 0.1) is 19.3 Å². The highest BCUT2D eigenvalue weighted by Crippen LogP contribution is 2.01. The number of rotatable bonds is 1. The Morgan fingerprint density at radius 3 is 3.15 bits per heavy atom. The van der Waals surface area contributed by atoms with Crippen molar-refractivity contribution in [2.24, 2.45) is 0 Å². The van der Waals surface area contributed by atoms with Gasteiger partial charge in [0, 0.05) is 13.1 Å². The molecule has 1 amide bonds. The highest BCUT2D eigenvalue weighted by atomic mass is 16.5. The van der Waals surface area contributed by atoms with E-state index < -0.39 is 6.10 Å². The molecule has 4 heteroatoms. The number of hydrogen-bond acceptors (Lipinski definition) is 3. The van der Waals surface area contributed by atoms with Gasteiger partial charge in [-0.15, -0.1) is 0 Å². The van der Waals surface area contributed by atoms with Crippen LogP contribution in [-0.2, 0) is 9.53 Å². The van der Waals surface area contributed by atoms with E-state index in [1.54, 1.807) is 17.9 Å². The summed E-state index contributed by atoms with van der Waals surface area (Å²) >= 11 is 0. The van der Waals surface area contributed by atoms with Gasteiger partial charge in [0.25, 0.3) is 0 Å². The summed E-state index contributed by atoms with van der Waals surface area (Å²) in [6.07, 6.45) is 2.63. The van der Waals surface area contributed by atoms with E-state index in [-0.39, 0.29) is 5.91 Å². The number of amides is 1. The minimum atomic E-state index is -0.559. The van der Waals surface area contributed by atoms with E-state index in [0.29, 0.717) is 26.3 Å². The van der Waals surface area contributed by atoms with Crippen LogP contribution < -0.4 is 0 Å². The van der Waals surface area contributed by atoms with E-state index in [4.69, 9.17) is 4.74 Å². The molecule has 0 aliphatic carbocycles. The molecular weight excluding hydrogens is 170 g/mol. The smallest absolute Gasteiger partial charge is 0.246 e. The lowest BCUT2D eigenvalue weighted by Gasteiger charge is -2.19. The summed E-state index contributed by atoms with van der Waals surface area (Å²) in [6, 6.07) is 0. The van der Waals surface area contributed by atoms with Crippen LogP contribution in [0.1, 0.15) is 6.92 Å². The second kappa shape index (κ2) is 4.99. The van der Waals surface area contributed by atoms with E-state index >= 15 is 0 Å². The molecule has 1 saturated heterocycles. The number of ether oxygens (including phenoxy) is 1. The zero-order chi connectivity index (χ0) is 9.68. The monoisotopic (exact) mass is 185 g/mol. The van der Waals surface area contributed by atoms with Gasteiger partial charge in [-0.1, -0.05) is 6.08 Å². The zero-order valence-electron chi connectivity index (χ0n) is 7.77. The summed E-state index contributed by atoms with van der Waals surface area (Å²) in [5.41, 5.74) is 0. The maximum atomic E-state index is 11.4. The molecule has 4 nitrogen and oxygen atoms in total. The number of carbonyl (C=O) groups excluding carboxylic acids is 1. The summed E-state index contributed by atoms with van der Waals surface area (Å²) in [5, 5.41) is 9.33. The fourth-order valence-corrected chi connectivity index (χ4v) is 1.24. The summed E-state index contributed by atoms with van der Waals surface area (Å²) in [6.45, 7) is 3.53. The van der Waals surface area contributed by atoms with Gasteiger partial charge >= 0.3 is 0 Å². The predicted molar refractivity (Wildman–Crippen MR) is 48.2 cm³/mol. The fraction of sp³-hybridized carbons (Fsp3) is 0.667. The molecule has 74 valence electrons. The molecule has 0 radical (unpaired) electrons. The van der Waals surface area contributed by atoms with Crippen LogP contribution >= 0.6 is 0 Å². The van der Waals surface area contributed by atoms with E-state index in [1.165, 1.54) is 6.08 Å². The third-order valence-corrected chi connectivity index (χ3v) is 1.87. The van der Waals surface area contributed by atoms with Crippen LogP contribution in [0.3, 0.4) is 0 Å². The van der Waals surface area contributed by atoms with Gasteiger partial charge in [0.1, 0.15) is 0 Å². The molecule has 1 fully saturated rings. The van der Waals surface area contributed by atoms with Crippen molar-refractivity contribution < 1.29 is 14.6 Å². The van der Waals surface area contributed by atoms with E-state index in [9.17, 15) is 9.90 Å². The molecule has 1 rings (SSSR count). The first kappa shape index (κ1) is 10.2. The number of β-amino-alcohol motifs (C(OH)–C–C–N with tert-alkyl or cyclic N) is 1. The summed E-state index contributed by atoms with van der Waals surface area (Å²) in [5.74, 6) is -0.0629. The number of allylic oxidation sites excluding steroid dienone is 1. The lowest BCUT2D eigenvalue weighted by molar-refractivity contribution is -0.126. The lowest BCUT2D eigenvalue weighted by atomic mass is 10.3. The number of nitrogens with zero attached hydrogens (tertiary/aromatic N) is 1. The van der Waals surface area contributed by atoms with Crippen molar-refractivity contribution in [1.29, 1.82) is 0 Å². The predicted octanol–water partition coefficient (Wildman–Crippen LogP) is -0.218. The highest BCUT2D eigenvalue weighted by molar-refractivity contribution is 5.87. The van der Waals surface area contributed by atoms with Crippen LogP contribution in [0, 0.1) is 0 Å². The van der Waals surface area contributed by atoms with E-state index in [0.717, 1.165) is 0 Å². The van der Waals surface area contributed by atoms with Gasteiger partial charge in [-0.25, -0.2) is 0 Å². The average molecular weight is 185 g/mol. The number of aliphatic hydroxyl groups is 1. The first-order valence-electron chi connectivity index (χ1n) is 4.41. The minimum absolute atomic E-state index is 0.0629. The Hall–Kier alpha value is -0.870. The topological polar surface area (TPSA) is 49.8 Å². The first-order valence-corrected chi connectivity index (χ1v) is 4.41. The van der Waals surface area contributed by atoms with E-state index in [2.05, 4.69) is 0 Å². The van der Waals surface area contributed by atoms with Crippen molar-refractivity contribution in [2.45, 2.75) is 13.0 Å². The highest BCUT2D eigenvalue weighted by Gasteiger charge is 2.18. The average Bonchev–Trinajstić information content (AvgIpc) is 2.30. The normalized spacial score (nSPS) is 24.8. The minimum Gasteiger partial charge on any atom is -0.389 e. The number of aliphatic hydroxyl groups excluding tert-OH is 1. The zero-order valence-corrected chi connectivity index (χ0v) is 7.77. The Kier molecular flexibility index (Phi) is 3.92. The Morgan fingerprint density at radius 2 is 2.46 bits per heavy atom. The molecule has 13 heavy (non-hydrogen) atoms. The molecule has 1 aliphatic rings. The van der Waals surface area contributed by atoms with Crippen molar-refractivity contribution in [1.82, 2.24) is 4.90 Å². The summed E-state index contributed by atoms with van der Waals surface area (Å²) < 4.78 is 5.10. The Bertz CT molecular complexity index is 203. The van der Waals surface area contributed by atoms with Crippen molar-refractivity contribution >= 4 is 5.91 Å². The van der Waals surface area contributed by atoms with Gasteiger partial charge in [0.2, 0.25) is 5.91 Å². The quantitative estimate of drug-likeness (QED) is 0.575.